The van der Waals surface area contributed by atoms with Gasteiger partial charge in [0.2, 0.25) is 0 Å². The van der Waals surface area contributed by atoms with E-state index in [1.54, 1.807) is 0 Å². The second-order valence-electron chi connectivity index (χ2n) is 1.82. The molecule has 2 rings (SSSR count). The topological polar surface area (TPSA) is 0 Å². The molecule has 4 heteroatoms. The van der Waals surface area contributed by atoms with Gasteiger partial charge >= 0.3 is 21.7 Å². The molecule has 0 fully saturated rings. The minimum absolute atomic E-state index is 0. The molecular formula is C13H21Cl2PTi-6. The first-order chi connectivity index (χ1) is 5.00. The first-order valence-corrected chi connectivity index (χ1v) is 4.29. The summed E-state index contributed by atoms with van der Waals surface area (Å²) in [6.45, 7) is 0. The van der Waals surface area contributed by atoms with Crippen molar-refractivity contribution in [1.82, 2.24) is 0 Å². The molecule has 102 valence electrons. The van der Waals surface area contributed by atoms with E-state index in [2.05, 4.69) is 23.7 Å². The van der Waals surface area contributed by atoms with Crippen LogP contribution in [-0.4, -0.2) is 0 Å². The van der Waals surface area contributed by atoms with Gasteiger partial charge in [-0.2, -0.15) is 23.7 Å². The molecule has 0 N–H and O–H groups in total. The van der Waals surface area contributed by atoms with Crippen molar-refractivity contribution in [3.05, 3.63) is 77.7 Å². The standard InChI is InChI=1S/C5H5.C4H4P.4CH3.2ClH.Ti/c2*1-2-4-5-3-1;;;;;;;/h1-3H,4H2;1-3,5H;4*1H3;2*1H;/q6*-1;;;+2/p-2. The van der Waals surface area contributed by atoms with Crippen molar-refractivity contribution >= 4 is 8.19 Å². The Balaban J connectivity index is -0.0000000167. The van der Waals surface area contributed by atoms with E-state index in [1.807, 2.05) is 24.3 Å². The summed E-state index contributed by atoms with van der Waals surface area (Å²) < 4.78 is 0. The predicted octanol–water partition coefficient (Wildman–Crippen LogP) is -1.37. The third kappa shape index (κ3) is 31.5. The molecule has 17 heavy (non-hydrogen) atoms. The number of allylic oxidation sites excluding steroid dienone is 4. The average molecular weight is 327 g/mol. The Bertz CT molecular complexity index is 182. The number of rotatable bonds is 0. The molecule has 0 spiro atoms. The van der Waals surface area contributed by atoms with Gasteiger partial charge in [0.25, 0.3) is 0 Å². The van der Waals surface area contributed by atoms with Crippen LogP contribution in [0.4, 0.5) is 0 Å². The van der Waals surface area contributed by atoms with Crippen LogP contribution in [0.2, 0.25) is 0 Å². The Labute approximate surface area is 138 Å². The van der Waals surface area contributed by atoms with Crippen LogP contribution in [0.25, 0.3) is 0 Å². The van der Waals surface area contributed by atoms with Crippen LogP contribution in [-0.2, 0) is 21.7 Å². The van der Waals surface area contributed by atoms with Crippen molar-refractivity contribution in [3.63, 3.8) is 0 Å². The van der Waals surface area contributed by atoms with Crippen molar-refractivity contribution in [3.8, 4) is 0 Å². The van der Waals surface area contributed by atoms with Gasteiger partial charge in [0.05, 0.1) is 0 Å². The summed E-state index contributed by atoms with van der Waals surface area (Å²) in [6, 6.07) is 3.96. The molecule has 1 unspecified atom stereocenters. The molecule has 0 saturated carbocycles. The summed E-state index contributed by atoms with van der Waals surface area (Å²) in [6.07, 6.45) is 10.0. The quantitative estimate of drug-likeness (QED) is 0.408. The molecule has 1 heterocycles. The van der Waals surface area contributed by atoms with E-state index >= 15 is 0 Å². The van der Waals surface area contributed by atoms with Gasteiger partial charge in [-0.3, -0.25) is 14.3 Å². The molecule has 0 aliphatic heterocycles. The van der Waals surface area contributed by atoms with Gasteiger partial charge in [-0.1, -0.05) is 0 Å². The minimum Gasteiger partial charge on any atom is -1.00 e. The van der Waals surface area contributed by atoms with Crippen LogP contribution < -0.4 is 24.8 Å². The largest absolute Gasteiger partial charge is 2.00 e. The maximum Gasteiger partial charge on any atom is 2.00 e. The fraction of sp³-hybridized carbons (Fsp3) is 0.0769. The van der Waals surface area contributed by atoms with Gasteiger partial charge in [-0.05, 0) is 0 Å². The van der Waals surface area contributed by atoms with E-state index in [-0.39, 0.29) is 76.2 Å². The van der Waals surface area contributed by atoms with Crippen molar-refractivity contribution in [2.75, 3.05) is 0 Å². The second-order valence-corrected chi connectivity index (χ2v) is 2.73. The predicted molar refractivity (Wildman–Crippen MR) is 72.0 cm³/mol. The van der Waals surface area contributed by atoms with Gasteiger partial charge in [0.1, 0.15) is 0 Å². The molecule has 1 aliphatic rings. The van der Waals surface area contributed by atoms with Crippen molar-refractivity contribution in [2.45, 2.75) is 6.42 Å². The fourth-order valence-corrected chi connectivity index (χ4v) is 1.06. The maximum absolute atomic E-state index is 3.01. The van der Waals surface area contributed by atoms with Gasteiger partial charge in [0, 0.05) is 0 Å². The summed E-state index contributed by atoms with van der Waals surface area (Å²) in [7, 11) is 0.823. The summed E-state index contributed by atoms with van der Waals surface area (Å²) >= 11 is 0. The molecule has 0 amide bonds. The van der Waals surface area contributed by atoms with E-state index < -0.39 is 0 Å². The van der Waals surface area contributed by atoms with E-state index in [4.69, 9.17) is 0 Å². The summed E-state index contributed by atoms with van der Waals surface area (Å²) in [5, 5.41) is 0. The van der Waals surface area contributed by atoms with E-state index in [0.717, 1.165) is 14.6 Å². The molecule has 0 bridgehead atoms. The molecule has 1 atom stereocenters. The van der Waals surface area contributed by atoms with E-state index in [9.17, 15) is 0 Å². The number of halogens is 2. The zero-order valence-electron chi connectivity index (χ0n) is 10.9. The van der Waals surface area contributed by atoms with Gasteiger partial charge in [0.15, 0.2) is 0 Å². The zero-order chi connectivity index (χ0) is 7.07. The Morgan fingerprint density at radius 3 is 1.71 bits per heavy atom. The van der Waals surface area contributed by atoms with Crippen LogP contribution >= 0.6 is 8.19 Å². The average Bonchev–Trinajstić information content (AvgIpc) is 2.67. The summed E-state index contributed by atoms with van der Waals surface area (Å²) in [5.74, 6) is 5.11. The maximum atomic E-state index is 3.01. The number of hydrogen-bond donors (Lipinski definition) is 0. The van der Waals surface area contributed by atoms with Gasteiger partial charge < -0.3 is 54.5 Å². The van der Waals surface area contributed by atoms with Crippen LogP contribution in [0, 0.1) is 41.6 Å². The Morgan fingerprint density at radius 2 is 1.59 bits per heavy atom. The molecule has 0 nitrogen and oxygen atoms in total. The molecule has 0 saturated heterocycles. The van der Waals surface area contributed by atoms with Gasteiger partial charge in [-0.25, -0.2) is 18.2 Å². The fourth-order valence-electron chi connectivity index (χ4n) is 0.581. The van der Waals surface area contributed by atoms with E-state index in [1.165, 1.54) is 0 Å². The normalized spacial score (nSPS) is 8.00. The van der Waals surface area contributed by atoms with Gasteiger partial charge in [-0.15, -0.1) is 6.42 Å². The second kappa shape index (κ2) is 36.0. The Kier molecular flexibility index (Phi) is 91.3. The molecule has 0 aromatic carbocycles. The van der Waals surface area contributed by atoms with Crippen LogP contribution in [0.1, 0.15) is 6.42 Å². The summed E-state index contributed by atoms with van der Waals surface area (Å²) in [4.78, 5) is 0. The Morgan fingerprint density at radius 1 is 1.00 bits per heavy atom. The third-order valence-electron chi connectivity index (χ3n) is 1.03. The molecular weight excluding hydrogens is 306 g/mol. The zero-order valence-corrected chi connectivity index (χ0v) is 15.0. The van der Waals surface area contributed by atoms with Crippen molar-refractivity contribution < 1.29 is 46.5 Å². The Hall–Kier alpha value is 0.554. The minimum atomic E-state index is 0. The van der Waals surface area contributed by atoms with Crippen molar-refractivity contribution in [2.24, 2.45) is 0 Å². The summed E-state index contributed by atoms with van der Waals surface area (Å²) in [5.41, 5.74) is 0. The SMILES string of the molecule is [C-]1=CC=CC1.[CH3-].[CH3-].[CH3-].[CH3-].[Cl-].[Cl-].[Ti+2].[c-]1ccc[pH]1. The first kappa shape index (κ1) is 43.2. The van der Waals surface area contributed by atoms with Crippen LogP contribution in [0.3, 0.4) is 0 Å². The van der Waals surface area contributed by atoms with Crippen LogP contribution in [0.15, 0.2) is 36.2 Å². The molecule has 1 aromatic heterocycles. The number of hydrogen-bond acceptors (Lipinski definition) is 0. The monoisotopic (exact) mass is 326 g/mol. The molecule has 0 radical (unpaired) electrons. The van der Waals surface area contributed by atoms with Crippen LogP contribution in [0.5, 0.6) is 0 Å². The smallest absolute Gasteiger partial charge is 1.00 e. The molecule has 1 aromatic rings. The third-order valence-corrected chi connectivity index (χ3v) is 1.72. The molecule has 1 aliphatic carbocycles. The van der Waals surface area contributed by atoms with E-state index in [0.29, 0.717) is 0 Å². The van der Waals surface area contributed by atoms with Crippen molar-refractivity contribution in [1.29, 1.82) is 0 Å². The first-order valence-electron chi connectivity index (χ1n) is 3.21.